The highest BCUT2D eigenvalue weighted by Crippen LogP contribution is 2.75. The van der Waals surface area contributed by atoms with E-state index >= 15 is 0 Å². The Bertz CT molecular complexity index is 3290. The third-order valence-corrected chi connectivity index (χ3v) is 35.2. The van der Waals surface area contributed by atoms with Crippen LogP contribution in [0, 0.1) is 156 Å². The molecule has 0 aromatic heterocycles. The van der Waals surface area contributed by atoms with Crippen LogP contribution in [-0.4, -0.2) is 82.5 Å². The van der Waals surface area contributed by atoms with E-state index in [1.54, 1.807) is 0 Å². The lowest BCUT2D eigenvalue weighted by Gasteiger charge is -2.56. The zero-order valence-electron chi connectivity index (χ0n) is 87.0. The molecular weight excluding hydrogens is 1520 g/mol. The number of ether oxygens (including phenoxy) is 8. The van der Waals surface area contributed by atoms with E-state index in [4.69, 9.17) is 37.9 Å². The van der Waals surface area contributed by atoms with Gasteiger partial charge in [-0.3, -0.25) is 28.8 Å². The second-order valence-electron chi connectivity index (χ2n) is 47.3. The molecule has 15 aliphatic rings. The smallest absolute Gasteiger partial charge is 0.313 e. The standard InChI is InChI=1S/C21H36O2.C20H32O3.C19H30O2.C18H30O3.C12H24O2.C10H20O2.4C2H6/c1-8-18(3,4)17(22)23-20(7)11-12-21-13-16(20)19(5,6)15(21)10-9-14(21)2;1-5-20(3,4)19(21)23-11(2)22-16-10-14-9-15(16)18-13-7-6-12(8-13)17(14)18;1-5-18(2,3)17(20)21-19(4)10-13-9-14(19)16-12-7-6-11(8-12)15(13)16;1-5-17(3,4)16(19)20-12(2)21-18-9-13-6-14(10-18)8-15(7-13)11-18;1-8-11(4,5)10(13)14-12(6,7)9(2)3;1-7-10(5,6)8(11)12-9(2,3)4;4*1-2/h14-16H,8-13H2,1-7H3;11-18H,5-10H2,1-4H3;11-16H,5-10H2,1-4H3;12-15H,5-11H2,1-4H3;9H,8H2,1-7H3;7H2,1-6H3;4*1-2H3. The van der Waals surface area contributed by atoms with E-state index in [1.165, 1.54) is 122 Å². The summed E-state index contributed by atoms with van der Waals surface area (Å²) in [6, 6.07) is 0. The molecule has 15 saturated carbocycles. The minimum absolute atomic E-state index is 0.000595. The van der Waals surface area contributed by atoms with Gasteiger partial charge in [-0.15, -0.1) is 0 Å². The van der Waals surface area contributed by atoms with Crippen LogP contribution in [0.4, 0.5) is 0 Å². The molecule has 0 aliphatic heterocycles. The highest BCUT2D eigenvalue weighted by Gasteiger charge is 2.71. The van der Waals surface area contributed by atoms with Crippen LogP contribution >= 0.6 is 0 Å². The molecule has 14 heteroatoms. The third-order valence-electron chi connectivity index (χ3n) is 35.2. The van der Waals surface area contributed by atoms with E-state index in [0.717, 1.165) is 146 Å². The molecule has 0 radical (unpaired) electrons. The molecule has 15 aliphatic carbocycles. The number of rotatable bonds is 22. The van der Waals surface area contributed by atoms with Crippen LogP contribution < -0.4 is 0 Å². The number of carbonyl (C=O) groups excluding carboxylic acids is 6. The van der Waals surface area contributed by atoms with Crippen LogP contribution in [0.1, 0.15) is 450 Å². The Morgan fingerprint density at radius 2 is 0.754 bits per heavy atom. The van der Waals surface area contributed by atoms with Gasteiger partial charge in [-0.2, -0.15) is 0 Å². The summed E-state index contributed by atoms with van der Waals surface area (Å²) < 4.78 is 46.9. The molecule has 712 valence electrons. The van der Waals surface area contributed by atoms with E-state index in [2.05, 4.69) is 62.3 Å². The van der Waals surface area contributed by atoms with Crippen LogP contribution in [0.5, 0.6) is 0 Å². The Morgan fingerprint density at radius 3 is 1.18 bits per heavy atom. The average molecular weight is 1720 g/mol. The summed E-state index contributed by atoms with van der Waals surface area (Å²) in [6.45, 7) is 81.0. The predicted octanol–water partition coefficient (Wildman–Crippen LogP) is 29.0. The van der Waals surface area contributed by atoms with Crippen molar-refractivity contribution in [3.8, 4) is 0 Å². The Morgan fingerprint density at radius 1 is 0.369 bits per heavy atom. The molecule has 15 rings (SSSR count). The molecule has 0 amide bonds. The maximum Gasteiger partial charge on any atom is 0.313 e. The molecule has 21 atom stereocenters. The predicted molar refractivity (Wildman–Crippen MR) is 501 cm³/mol. The van der Waals surface area contributed by atoms with Crippen molar-refractivity contribution in [2.24, 2.45) is 156 Å². The van der Waals surface area contributed by atoms with E-state index in [1.807, 2.05) is 215 Å². The Hall–Kier alpha value is -3.26. The van der Waals surface area contributed by atoms with Crippen molar-refractivity contribution in [3.63, 3.8) is 0 Å². The summed E-state index contributed by atoms with van der Waals surface area (Å²) in [6.07, 6.45) is 32.3. The molecule has 14 nitrogen and oxygen atoms in total. The second kappa shape index (κ2) is 42.7. The molecule has 1 spiro atoms. The van der Waals surface area contributed by atoms with E-state index in [0.29, 0.717) is 29.3 Å². The van der Waals surface area contributed by atoms with Gasteiger partial charge in [0.05, 0.1) is 44.2 Å². The van der Waals surface area contributed by atoms with Gasteiger partial charge >= 0.3 is 35.8 Å². The Balaban J connectivity index is 0.000000259. The van der Waals surface area contributed by atoms with Gasteiger partial charge in [0.15, 0.2) is 6.29 Å². The first-order valence-electron chi connectivity index (χ1n) is 51.1. The summed E-state index contributed by atoms with van der Waals surface area (Å²) in [5.41, 5.74) is -2.63. The van der Waals surface area contributed by atoms with Crippen molar-refractivity contribution >= 4 is 35.8 Å². The third kappa shape index (κ3) is 24.5. The molecule has 0 aromatic rings. The van der Waals surface area contributed by atoms with Gasteiger partial charge in [0.1, 0.15) is 22.4 Å². The fourth-order valence-electron chi connectivity index (χ4n) is 25.5. The zero-order valence-corrected chi connectivity index (χ0v) is 87.0. The summed E-state index contributed by atoms with van der Waals surface area (Å²) in [4.78, 5) is 73.0. The summed E-state index contributed by atoms with van der Waals surface area (Å²) in [7, 11) is 0. The lowest BCUT2D eigenvalue weighted by molar-refractivity contribution is -0.248. The fourth-order valence-corrected chi connectivity index (χ4v) is 25.5. The number of fused-ring (bicyclic) bond motifs is 19. The number of esters is 6. The number of hydrogen-bond donors (Lipinski definition) is 0. The molecule has 0 heterocycles. The molecule has 15 fully saturated rings. The number of carbonyl (C=O) groups is 6. The van der Waals surface area contributed by atoms with Crippen molar-refractivity contribution in [1.82, 2.24) is 0 Å². The van der Waals surface area contributed by atoms with Crippen molar-refractivity contribution in [2.75, 3.05) is 0 Å². The van der Waals surface area contributed by atoms with Gasteiger partial charge in [0.25, 0.3) is 0 Å². The van der Waals surface area contributed by atoms with E-state index in [-0.39, 0.29) is 90.9 Å². The van der Waals surface area contributed by atoms with Gasteiger partial charge in [-0.05, 0) is 430 Å². The lowest BCUT2D eigenvalue weighted by Crippen LogP contribution is -2.53. The molecule has 0 N–H and O–H groups in total. The largest absolute Gasteiger partial charge is 0.460 e. The minimum Gasteiger partial charge on any atom is -0.460 e. The molecule has 21 unspecified atom stereocenters. The molecule has 0 aromatic carbocycles. The normalized spacial score (nSPS) is 35.4. The topological polar surface area (TPSA) is 176 Å². The molecular formula is C108H196O14. The monoisotopic (exact) mass is 1720 g/mol. The van der Waals surface area contributed by atoms with Crippen LogP contribution in [0.2, 0.25) is 0 Å². The quantitative estimate of drug-likeness (QED) is 0.0433. The second-order valence-corrected chi connectivity index (χ2v) is 47.3. The average Bonchev–Trinajstić information content (AvgIpc) is 1.53. The summed E-state index contributed by atoms with van der Waals surface area (Å²) in [5, 5.41) is 0. The maximum atomic E-state index is 12.7. The van der Waals surface area contributed by atoms with Crippen molar-refractivity contribution < 1.29 is 66.7 Å². The summed E-state index contributed by atoms with van der Waals surface area (Å²) in [5.74, 6) is 15.5. The van der Waals surface area contributed by atoms with Gasteiger partial charge < -0.3 is 37.9 Å². The van der Waals surface area contributed by atoms with Gasteiger partial charge in [0, 0.05) is 11.8 Å². The Kier molecular flexibility index (Phi) is 38.3. The van der Waals surface area contributed by atoms with Crippen molar-refractivity contribution in [3.05, 3.63) is 0 Å². The van der Waals surface area contributed by atoms with Gasteiger partial charge in [-0.1, -0.05) is 132 Å². The molecule has 122 heavy (non-hydrogen) atoms. The SMILES string of the molecule is CC.CC.CC.CC.CCC(C)(C)C(=O)OC(C)(C)C.CCC(C)(C)C(=O)OC(C)(C)C(C)C.CCC(C)(C)C(=O)OC(C)OC12CC3CC(CC(C3)C1)C2.CCC(C)(C)C(=O)OC(C)OC1CC2CC1C1C3CCC(C3)C21.CCC(C)(C)C(=O)OC1(C)CC2CC1C1C3CCC(C3)C21.CCC(C)(C)C(=O)OC1(C)CCC23CC1C(C)(C)C2CCC3C. The minimum atomic E-state index is -0.418. The first-order chi connectivity index (χ1) is 56.4. The maximum absolute atomic E-state index is 12.7. The van der Waals surface area contributed by atoms with Crippen LogP contribution in [-0.2, 0) is 66.7 Å². The van der Waals surface area contributed by atoms with E-state index in [9.17, 15) is 28.8 Å². The van der Waals surface area contributed by atoms with Gasteiger partial charge in [0.2, 0.25) is 6.29 Å². The van der Waals surface area contributed by atoms with Crippen molar-refractivity contribution in [2.45, 2.75) is 497 Å². The van der Waals surface area contributed by atoms with E-state index < -0.39 is 23.4 Å². The summed E-state index contributed by atoms with van der Waals surface area (Å²) >= 11 is 0. The number of hydrogen-bond acceptors (Lipinski definition) is 14. The first-order valence-corrected chi connectivity index (χ1v) is 51.1. The molecule has 0 saturated heterocycles. The molecule has 14 bridgehead atoms. The van der Waals surface area contributed by atoms with Crippen molar-refractivity contribution in [1.29, 1.82) is 0 Å². The first kappa shape index (κ1) is 109. The fraction of sp³-hybridized carbons (Fsp3) is 0.944. The highest BCUT2D eigenvalue weighted by molar-refractivity contribution is 5.78. The lowest BCUT2D eigenvalue weighted by atomic mass is 9.54. The van der Waals surface area contributed by atoms with Crippen LogP contribution in [0.25, 0.3) is 0 Å². The zero-order chi connectivity index (χ0) is 93.4. The Labute approximate surface area is 751 Å². The van der Waals surface area contributed by atoms with Crippen LogP contribution in [0.15, 0.2) is 0 Å². The van der Waals surface area contributed by atoms with Gasteiger partial charge in [-0.25, -0.2) is 0 Å². The van der Waals surface area contributed by atoms with Crippen LogP contribution in [0.3, 0.4) is 0 Å². The highest BCUT2D eigenvalue weighted by atomic mass is 16.7.